The second-order valence-corrected chi connectivity index (χ2v) is 6.27. The number of rotatable bonds is 2. The van der Waals surface area contributed by atoms with Crippen molar-refractivity contribution in [3.05, 3.63) is 95.1 Å². The van der Waals surface area contributed by atoms with Crippen molar-refractivity contribution < 1.29 is 0 Å². The second-order valence-electron chi connectivity index (χ2n) is 5.90. The molecule has 144 valence electrons. The van der Waals surface area contributed by atoms with E-state index in [0.717, 1.165) is 22.5 Å². The van der Waals surface area contributed by atoms with E-state index in [9.17, 15) is 0 Å². The van der Waals surface area contributed by atoms with Crippen molar-refractivity contribution in [2.75, 3.05) is 0 Å². The Morgan fingerprint density at radius 1 is 0.552 bits per heavy atom. The predicted molar refractivity (Wildman–Crippen MR) is 131 cm³/mol. The third-order valence-corrected chi connectivity index (χ3v) is 3.84. The molecule has 0 unspecified atom stereocenters. The molecule has 0 fully saturated rings. The summed E-state index contributed by atoms with van der Waals surface area (Å²) in [6, 6.07) is 23.6. The van der Waals surface area contributed by atoms with Gasteiger partial charge in [0.2, 0.25) is 0 Å². The summed E-state index contributed by atoms with van der Waals surface area (Å²) < 4.78 is 0. The van der Waals surface area contributed by atoms with Gasteiger partial charge in [-0.3, -0.25) is 0 Å². The quantitative estimate of drug-likeness (QED) is 0.246. The highest BCUT2D eigenvalue weighted by molar-refractivity contribution is 7.78. The predicted octanol–water partition coefficient (Wildman–Crippen LogP) is 7.49. The van der Waals surface area contributed by atoms with E-state index >= 15 is 0 Å². The Morgan fingerprint density at radius 2 is 0.862 bits per heavy atom. The molecule has 0 aromatic heterocycles. The van der Waals surface area contributed by atoms with Crippen LogP contribution in [-0.4, -0.2) is 10.3 Å². The molecule has 3 aromatic carbocycles. The topological polar surface area (TPSA) is 24.7 Å². The Balaban J connectivity index is 0.000000327. The molecule has 0 saturated carbocycles. The van der Waals surface area contributed by atoms with Crippen LogP contribution in [0.25, 0.3) is 0 Å². The lowest BCUT2D eigenvalue weighted by molar-refractivity contribution is 1.44. The zero-order valence-electron chi connectivity index (χ0n) is 15.6. The molecule has 0 aliphatic rings. The van der Waals surface area contributed by atoms with Crippen LogP contribution in [0, 0.1) is 25.7 Å². The van der Waals surface area contributed by atoms with Crippen molar-refractivity contribution in [1.29, 1.82) is 0 Å². The van der Waals surface area contributed by atoms with Crippen LogP contribution in [0.2, 0.25) is 0 Å². The molecule has 0 heterocycles. The Kier molecular flexibility index (Phi) is 10.8. The first kappa shape index (κ1) is 23.9. The second kappa shape index (κ2) is 13.1. The van der Waals surface area contributed by atoms with Gasteiger partial charge in [0.1, 0.15) is 0 Å². The molecule has 4 heteroatoms. The molecule has 0 aliphatic carbocycles. The lowest BCUT2D eigenvalue weighted by Gasteiger charge is -1.93. The number of aryl methyl sites for hydroxylation is 2. The van der Waals surface area contributed by atoms with E-state index in [0.29, 0.717) is 0 Å². The zero-order valence-corrected chi connectivity index (χ0v) is 17.3. The maximum absolute atomic E-state index is 4.55. The maximum Gasteiger partial charge on any atom is 0.0740 e. The number of benzene rings is 3. The fourth-order valence-electron chi connectivity index (χ4n) is 2.13. The average molecular weight is 415 g/mol. The molecule has 0 atom stereocenters. The molecule has 3 aromatic rings. The van der Waals surface area contributed by atoms with Gasteiger partial charge in [0.25, 0.3) is 0 Å². The highest BCUT2D eigenvalue weighted by Crippen LogP contribution is 2.12. The summed E-state index contributed by atoms with van der Waals surface area (Å²) in [5.41, 5.74) is 6.10. The molecule has 0 saturated heterocycles. The summed E-state index contributed by atoms with van der Waals surface area (Å²) >= 11 is 9.00. The van der Waals surface area contributed by atoms with Gasteiger partial charge in [0, 0.05) is 11.1 Å². The van der Waals surface area contributed by atoms with E-state index < -0.39 is 0 Å². The number of thiocarbonyl (C=S) groups is 2. The summed E-state index contributed by atoms with van der Waals surface area (Å²) in [7, 11) is 0. The van der Waals surface area contributed by atoms with Gasteiger partial charge in [-0.2, -0.15) is 9.98 Å². The summed E-state index contributed by atoms with van der Waals surface area (Å²) in [6.07, 6.45) is 0. The lowest BCUT2D eigenvalue weighted by Crippen LogP contribution is -1.76. The summed E-state index contributed by atoms with van der Waals surface area (Å²) in [5.74, 6) is 6.23. The molecule has 0 N–H and O–H groups in total. The Hall–Kier alpha value is -3.18. The first-order chi connectivity index (χ1) is 13.6. The molecule has 0 aliphatic heterocycles. The molecule has 2 nitrogen and oxygen atoms in total. The smallest absolute Gasteiger partial charge is 0.0740 e. The van der Waals surface area contributed by atoms with Gasteiger partial charge in [0.15, 0.2) is 0 Å². The molecular formula is C25H22N2S2. The van der Waals surface area contributed by atoms with Crippen LogP contribution in [0.5, 0.6) is 0 Å². The Morgan fingerprint density at radius 3 is 1.24 bits per heavy atom. The lowest BCUT2D eigenvalue weighted by atomic mass is 10.1. The van der Waals surface area contributed by atoms with Crippen molar-refractivity contribution >= 4 is 46.1 Å². The average Bonchev–Trinajstić information content (AvgIpc) is 2.71. The van der Waals surface area contributed by atoms with Crippen LogP contribution in [0.4, 0.5) is 11.4 Å². The van der Waals surface area contributed by atoms with E-state index in [4.69, 9.17) is 0 Å². The number of hydrogen-bond donors (Lipinski definition) is 0. The normalized spacial score (nSPS) is 8.48. The number of nitrogens with zero attached hydrogens (tertiary/aromatic N) is 2. The highest BCUT2D eigenvalue weighted by Gasteiger charge is 1.90. The molecule has 0 bridgehead atoms. The molecule has 3 rings (SSSR count). The van der Waals surface area contributed by atoms with Gasteiger partial charge in [-0.05, 0) is 86.8 Å². The van der Waals surface area contributed by atoms with Crippen LogP contribution < -0.4 is 0 Å². The molecular weight excluding hydrogens is 392 g/mol. The van der Waals surface area contributed by atoms with Crippen LogP contribution in [-0.2, 0) is 0 Å². The standard InChI is InChI=1S/C16H11NS.C8H7NS.CH4/c1-13-2-4-14(5-3-13)6-7-15-8-10-16(11-9-15)17-12-18;1-7-2-4-8(5-3-7)9-6-10;/h2-5,8-11H,1H3;2-5H,1H3;1H4. The SMILES string of the molecule is C.Cc1ccc(C#Cc2ccc(N=C=S)cc2)cc1.Cc1ccc(N=C=S)cc1. The monoisotopic (exact) mass is 414 g/mol. The summed E-state index contributed by atoms with van der Waals surface area (Å²) in [6.45, 7) is 4.09. The van der Waals surface area contributed by atoms with Crippen molar-refractivity contribution in [3.63, 3.8) is 0 Å². The third kappa shape index (κ3) is 9.04. The number of isothiocyanates is 2. The number of hydrogen-bond acceptors (Lipinski definition) is 4. The number of aliphatic imine (C=N–C) groups is 2. The van der Waals surface area contributed by atoms with Gasteiger partial charge in [-0.15, -0.1) is 0 Å². The van der Waals surface area contributed by atoms with Crippen LogP contribution in [0.3, 0.4) is 0 Å². The zero-order chi connectivity index (χ0) is 20.2. The van der Waals surface area contributed by atoms with E-state index in [1.54, 1.807) is 0 Å². The summed E-state index contributed by atoms with van der Waals surface area (Å²) in [4.78, 5) is 7.70. The van der Waals surface area contributed by atoms with Crippen molar-refractivity contribution in [2.45, 2.75) is 21.3 Å². The van der Waals surface area contributed by atoms with Gasteiger partial charge in [0.05, 0.1) is 21.7 Å². The third-order valence-electron chi connectivity index (χ3n) is 3.65. The minimum atomic E-state index is 0. The van der Waals surface area contributed by atoms with Crippen molar-refractivity contribution in [3.8, 4) is 11.8 Å². The fraction of sp³-hybridized carbons (Fsp3) is 0.120. The largest absolute Gasteiger partial charge is 0.195 e. The van der Waals surface area contributed by atoms with E-state index in [1.807, 2.05) is 67.6 Å². The molecule has 0 radical (unpaired) electrons. The molecule has 0 spiro atoms. The first-order valence-corrected chi connectivity index (χ1v) is 9.33. The molecule has 0 amide bonds. The van der Waals surface area contributed by atoms with E-state index in [-0.39, 0.29) is 7.43 Å². The molecule has 29 heavy (non-hydrogen) atoms. The van der Waals surface area contributed by atoms with Gasteiger partial charge < -0.3 is 0 Å². The van der Waals surface area contributed by atoms with Gasteiger partial charge >= 0.3 is 0 Å². The van der Waals surface area contributed by atoms with Crippen molar-refractivity contribution in [1.82, 2.24) is 0 Å². The maximum atomic E-state index is 4.55. The highest BCUT2D eigenvalue weighted by atomic mass is 32.1. The minimum absolute atomic E-state index is 0. The van der Waals surface area contributed by atoms with Crippen LogP contribution in [0.15, 0.2) is 82.8 Å². The van der Waals surface area contributed by atoms with E-state index in [2.05, 4.69) is 75.6 Å². The fourth-order valence-corrected chi connectivity index (χ4v) is 2.34. The van der Waals surface area contributed by atoms with Gasteiger partial charge in [-0.1, -0.05) is 54.7 Å². The van der Waals surface area contributed by atoms with Crippen LogP contribution in [0.1, 0.15) is 29.7 Å². The van der Waals surface area contributed by atoms with Crippen molar-refractivity contribution in [2.24, 2.45) is 9.98 Å². The van der Waals surface area contributed by atoms with Gasteiger partial charge in [-0.25, -0.2) is 0 Å². The first-order valence-electron chi connectivity index (χ1n) is 8.52. The Bertz CT molecular complexity index is 1060. The van der Waals surface area contributed by atoms with E-state index in [1.165, 1.54) is 11.1 Å². The summed E-state index contributed by atoms with van der Waals surface area (Å²) in [5, 5.41) is 4.65. The Labute approximate surface area is 184 Å². The van der Waals surface area contributed by atoms with Crippen LogP contribution >= 0.6 is 24.4 Å². The minimum Gasteiger partial charge on any atom is -0.195 e.